The summed E-state index contributed by atoms with van der Waals surface area (Å²) in [5.74, 6) is -1.50. The predicted molar refractivity (Wildman–Crippen MR) is 71.1 cm³/mol. The highest BCUT2D eigenvalue weighted by Crippen LogP contribution is 2.29. The Hall–Kier alpha value is -2.97. The normalized spacial score (nSPS) is 11.4. The molecule has 0 amide bonds. The van der Waals surface area contributed by atoms with Crippen molar-refractivity contribution in [2.45, 2.75) is 12.8 Å². The van der Waals surface area contributed by atoms with Gasteiger partial charge in [-0.1, -0.05) is 29.4 Å². The van der Waals surface area contributed by atoms with E-state index in [0.717, 1.165) is 5.56 Å². The highest BCUT2D eigenvalue weighted by atomic mass is 19.4. The van der Waals surface area contributed by atoms with Gasteiger partial charge >= 0.3 is 18.1 Å². The maximum atomic E-state index is 12.4. The second-order valence-corrected chi connectivity index (χ2v) is 4.44. The molecule has 0 aliphatic carbocycles. The summed E-state index contributed by atoms with van der Waals surface area (Å²) < 4.78 is 46.8. The third-order valence-corrected chi connectivity index (χ3v) is 2.79. The highest BCUT2D eigenvalue weighted by molar-refractivity contribution is 5.54. The number of hydrogen-bond acceptors (Lipinski definition) is 6. The molecule has 0 saturated carbocycles. The molecule has 0 radical (unpaired) electrons. The average molecular weight is 322 g/mol. The summed E-state index contributed by atoms with van der Waals surface area (Å²) in [5, 5.41) is 3.32. The first kappa shape index (κ1) is 14.9. The van der Waals surface area contributed by atoms with E-state index in [4.69, 9.17) is 4.74 Å². The van der Waals surface area contributed by atoms with Crippen LogP contribution in [0.2, 0.25) is 0 Å². The van der Waals surface area contributed by atoms with Crippen molar-refractivity contribution in [1.29, 1.82) is 0 Å². The topological polar surface area (TPSA) is 73.9 Å². The molecule has 2 heterocycles. The van der Waals surface area contributed by atoms with E-state index in [0.29, 0.717) is 5.56 Å². The van der Waals surface area contributed by atoms with E-state index in [1.807, 2.05) is 0 Å². The Kier molecular flexibility index (Phi) is 3.92. The zero-order chi connectivity index (χ0) is 16.3. The fraction of sp³-hybridized carbons (Fsp3) is 0.143. The van der Waals surface area contributed by atoms with Crippen LogP contribution in [0.1, 0.15) is 11.5 Å². The molecule has 2 aromatic heterocycles. The van der Waals surface area contributed by atoms with Gasteiger partial charge in [0, 0.05) is 18.0 Å². The minimum atomic E-state index is -4.66. The van der Waals surface area contributed by atoms with Crippen LogP contribution in [-0.2, 0) is 12.8 Å². The van der Waals surface area contributed by atoms with Crippen LogP contribution in [-0.4, -0.2) is 20.1 Å². The van der Waals surface area contributed by atoms with Crippen molar-refractivity contribution in [3.63, 3.8) is 0 Å². The van der Waals surface area contributed by atoms with Crippen LogP contribution < -0.4 is 4.74 Å². The number of benzene rings is 1. The Morgan fingerprint density at radius 2 is 1.74 bits per heavy atom. The number of ether oxygens (including phenoxy) is 1. The fourth-order valence-electron chi connectivity index (χ4n) is 1.71. The molecule has 3 rings (SSSR count). The molecule has 0 unspecified atom stereocenters. The lowest BCUT2D eigenvalue weighted by molar-refractivity contribution is -0.159. The summed E-state index contributed by atoms with van der Waals surface area (Å²) in [4.78, 5) is 11.1. The molecule has 0 spiro atoms. The third-order valence-electron chi connectivity index (χ3n) is 2.79. The monoisotopic (exact) mass is 322 g/mol. The van der Waals surface area contributed by atoms with E-state index in [9.17, 15) is 13.2 Å². The molecule has 0 saturated heterocycles. The van der Waals surface area contributed by atoms with Crippen molar-refractivity contribution in [2.75, 3.05) is 0 Å². The summed E-state index contributed by atoms with van der Waals surface area (Å²) in [7, 11) is 0. The second-order valence-electron chi connectivity index (χ2n) is 4.44. The summed E-state index contributed by atoms with van der Waals surface area (Å²) in [6.45, 7) is 0.227. The van der Waals surface area contributed by atoms with E-state index in [1.165, 1.54) is 0 Å². The van der Waals surface area contributed by atoms with Gasteiger partial charge in [0.25, 0.3) is 0 Å². The van der Waals surface area contributed by atoms with Gasteiger partial charge < -0.3 is 9.26 Å². The van der Waals surface area contributed by atoms with Gasteiger partial charge in [-0.25, -0.2) is 9.97 Å². The maximum absolute atomic E-state index is 12.4. The Balaban J connectivity index is 1.68. The highest BCUT2D eigenvalue weighted by Gasteiger charge is 2.38. The van der Waals surface area contributed by atoms with Gasteiger partial charge in [0.1, 0.15) is 6.61 Å². The molecule has 0 N–H and O–H groups in total. The van der Waals surface area contributed by atoms with Crippen molar-refractivity contribution in [3.8, 4) is 17.4 Å². The average Bonchev–Trinajstić information content (AvgIpc) is 3.05. The molecule has 0 fully saturated rings. The standard InChI is InChI=1S/C14H9F3N4O2/c15-14(16,17)12-20-11(21-23-12)10-4-2-9(3-5-10)8-22-13-18-6-1-7-19-13/h1-7H,8H2. The van der Waals surface area contributed by atoms with Crippen LogP contribution in [0.4, 0.5) is 13.2 Å². The first-order valence-corrected chi connectivity index (χ1v) is 6.42. The van der Waals surface area contributed by atoms with E-state index >= 15 is 0 Å². The van der Waals surface area contributed by atoms with Gasteiger partial charge in [-0.15, -0.1) is 0 Å². The lowest BCUT2D eigenvalue weighted by atomic mass is 10.1. The predicted octanol–water partition coefficient (Wildman–Crippen LogP) is 3.12. The molecule has 0 bridgehead atoms. The van der Waals surface area contributed by atoms with E-state index in [-0.39, 0.29) is 18.4 Å². The van der Waals surface area contributed by atoms with Gasteiger partial charge in [0.05, 0.1) is 0 Å². The molecule has 1 aromatic carbocycles. The lowest BCUT2D eigenvalue weighted by Gasteiger charge is -2.04. The molecule has 118 valence electrons. The number of nitrogens with zero attached hydrogens (tertiary/aromatic N) is 4. The van der Waals surface area contributed by atoms with Crippen LogP contribution >= 0.6 is 0 Å². The van der Waals surface area contributed by atoms with Crippen molar-refractivity contribution < 1.29 is 22.4 Å². The number of halogens is 3. The zero-order valence-corrected chi connectivity index (χ0v) is 11.5. The molecule has 0 atom stereocenters. The van der Waals surface area contributed by atoms with Crippen LogP contribution in [0.3, 0.4) is 0 Å². The van der Waals surface area contributed by atoms with Crippen LogP contribution in [0.15, 0.2) is 47.2 Å². The number of aromatic nitrogens is 4. The smallest absolute Gasteiger partial charge is 0.459 e. The number of alkyl halides is 3. The van der Waals surface area contributed by atoms with Gasteiger partial charge in [-0.3, -0.25) is 0 Å². The van der Waals surface area contributed by atoms with Crippen LogP contribution in [0.5, 0.6) is 6.01 Å². The summed E-state index contributed by atoms with van der Waals surface area (Å²) in [5.41, 5.74) is 1.20. The third kappa shape index (κ3) is 3.62. The molecular weight excluding hydrogens is 313 g/mol. The van der Waals surface area contributed by atoms with Gasteiger partial charge in [0.15, 0.2) is 0 Å². The maximum Gasteiger partial charge on any atom is 0.471 e. The van der Waals surface area contributed by atoms with Crippen molar-refractivity contribution in [3.05, 3.63) is 54.2 Å². The molecule has 3 aromatic rings. The minimum absolute atomic E-state index is 0.129. The van der Waals surface area contributed by atoms with Gasteiger partial charge in [0.2, 0.25) is 5.82 Å². The Morgan fingerprint density at radius 1 is 1.04 bits per heavy atom. The molecule has 0 aliphatic heterocycles. The number of hydrogen-bond donors (Lipinski definition) is 0. The van der Waals surface area contributed by atoms with E-state index in [2.05, 4.69) is 24.6 Å². The SMILES string of the molecule is FC(F)(F)c1nc(-c2ccc(COc3ncccn3)cc2)no1. The molecule has 0 aliphatic rings. The quantitative estimate of drug-likeness (QED) is 0.735. The number of rotatable bonds is 4. The zero-order valence-electron chi connectivity index (χ0n) is 11.5. The molecule has 6 nitrogen and oxygen atoms in total. The van der Waals surface area contributed by atoms with Gasteiger partial charge in [-0.2, -0.15) is 18.2 Å². The second kappa shape index (κ2) is 6.03. The van der Waals surface area contributed by atoms with E-state index < -0.39 is 12.1 Å². The summed E-state index contributed by atoms with van der Waals surface area (Å²) in [6, 6.07) is 8.43. The first-order valence-electron chi connectivity index (χ1n) is 6.42. The van der Waals surface area contributed by atoms with Crippen LogP contribution in [0.25, 0.3) is 11.4 Å². The van der Waals surface area contributed by atoms with Crippen molar-refractivity contribution in [2.24, 2.45) is 0 Å². The van der Waals surface area contributed by atoms with Crippen molar-refractivity contribution >= 4 is 0 Å². The molecule has 9 heteroatoms. The Bertz CT molecular complexity index is 773. The van der Waals surface area contributed by atoms with Gasteiger partial charge in [-0.05, 0) is 11.6 Å². The van der Waals surface area contributed by atoms with E-state index in [1.54, 1.807) is 42.7 Å². The fourth-order valence-corrected chi connectivity index (χ4v) is 1.71. The molecular formula is C14H9F3N4O2. The first-order chi connectivity index (χ1) is 11.0. The Morgan fingerprint density at radius 3 is 2.35 bits per heavy atom. The summed E-state index contributed by atoms with van der Waals surface area (Å²) >= 11 is 0. The lowest BCUT2D eigenvalue weighted by Crippen LogP contribution is -2.04. The minimum Gasteiger partial charge on any atom is -0.459 e. The van der Waals surface area contributed by atoms with Crippen LogP contribution in [0, 0.1) is 0 Å². The molecule has 23 heavy (non-hydrogen) atoms. The Labute approximate surface area is 128 Å². The summed E-state index contributed by atoms with van der Waals surface area (Å²) in [6.07, 6.45) is -1.55. The largest absolute Gasteiger partial charge is 0.471 e. The van der Waals surface area contributed by atoms with Crippen molar-refractivity contribution in [1.82, 2.24) is 20.1 Å².